The molecule has 0 aliphatic carbocycles. The number of rotatable bonds is 4. The first-order valence-electron chi connectivity index (χ1n) is 4.96. The Morgan fingerprint density at radius 1 is 1.53 bits per heavy atom. The second-order valence-corrected chi connectivity index (χ2v) is 3.73. The van der Waals surface area contributed by atoms with Crippen LogP contribution >= 0.6 is 0 Å². The summed E-state index contributed by atoms with van der Waals surface area (Å²) in [5.41, 5.74) is -0.620. The molecule has 0 spiro atoms. The first kappa shape index (κ1) is 14.8. The van der Waals surface area contributed by atoms with E-state index in [9.17, 15) is 27.6 Å². The second kappa shape index (κ2) is 5.16. The molecule has 0 saturated carbocycles. The molecule has 0 saturated heterocycles. The van der Waals surface area contributed by atoms with E-state index < -0.39 is 36.1 Å². The van der Waals surface area contributed by atoms with Crippen molar-refractivity contribution in [1.29, 1.82) is 0 Å². The Hall–Kier alpha value is -2.26. The van der Waals surface area contributed by atoms with E-state index in [2.05, 4.69) is 5.10 Å². The molecule has 0 aliphatic rings. The number of halogens is 3. The van der Waals surface area contributed by atoms with Crippen molar-refractivity contribution >= 4 is 11.9 Å². The predicted octanol–water partition coefficient (Wildman–Crippen LogP) is -0.612. The molecule has 1 heterocycles. The molecule has 106 valence electrons. The maximum atomic E-state index is 12.0. The van der Waals surface area contributed by atoms with E-state index in [0.29, 0.717) is 0 Å². The van der Waals surface area contributed by atoms with Gasteiger partial charge >= 0.3 is 18.1 Å². The monoisotopic (exact) mass is 281 g/mol. The fourth-order valence-electron chi connectivity index (χ4n) is 1.32. The zero-order valence-corrected chi connectivity index (χ0v) is 9.61. The zero-order chi connectivity index (χ0) is 14.8. The number of hydrogen-bond donors (Lipinski definition) is 3. The van der Waals surface area contributed by atoms with Gasteiger partial charge in [-0.15, -0.1) is 0 Å². The van der Waals surface area contributed by atoms with E-state index in [1.165, 1.54) is 12.4 Å². The van der Waals surface area contributed by atoms with Gasteiger partial charge in [-0.05, 0) is 0 Å². The minimum Gasteiger partial charge on any atom is -0.480 e. The van der Waals surface area contributed by atoms with Gasteiger partial charge in [-0.3, -0.25) is 14.3 Å². The van der Waals surface area contributed by atoms with E-state index in [-0.39, 0.29) is 5.56 Å². The fraction of sp³-hybridized carbons (Fsp3) is 0.444. The molecule has 1 rings (SSSR count). The number of aryl methyl sites for hydroxylation is 1. The molecule has 0 fully saturated rings. The fourth-order valence-corrected chi connectivity index (χ4v) is 1.32. The number of aromatic nitrogens is 2. The van der Waals surface area contributed by atoms with Crippen molar-refractivity contribution in [1.82, 2.24) is 15.1 Å². The molecule has 0 unspecified atom stereocenters. The molecule has 1 aromatic heterocycles. The maximum Gasteiger partial charge on any atom is 0.471 e. The van der Waals surface area contributed by atoms with E-state index >= 15 is 0 Å². The smallest absolute Gasteiger partial charge is 0.471 e. The van der Waals surface area contributed by atoms with Crippen LogP contribution in [0.25, 0.3) is 0 Å². The molecule has 1 atom stereocenters. The largest absolute Gasteiger partial charge is 0.480 e. The van der Waals surface area contributed by atoms with Crippen LogP contribution < -0.4 is 10.9 Å². The van der Waals surface area contributed by atoms with Crippen LogP contribution in [0.3, 0.4) is 0 Å². The van der Waals surface area contributed by atoms with Crippen molar-refractivity contribution in [3.63, 3.8) is 0 Å². The molecule has 1 aromatic rings. The van der Waals surface area contributed by atoms with Crippen LogP contribution in [0.4, 0.5) is 13.2 Å². The third-order valence-electron chi connectivity index (χ3n) is 2.30. The third kappa shape index (κ3) is 3.60. The zero-order valence-electron chi connectivity index (χ0n) is 9.61. The number of carboxylic acids is 1. The number of hydrogen-bond acceptors (Lipinski definition) is 3. The number of nitrogens with one attached hydrogen (secondary N) is 2. The van der Waals surface area contributed by atoms with Gasteiger partial charge in [-0.2, -0.15) is 13.2 Å². The van der Waals surface area contributed by atoms with Gasteiger partial charge in [0, 0.05) is 25.2 Å². The minimum atomic E-state index is -5.18. The van der Waals surface area contributed by atoms with Crippen molar-refractivity contribution in [2.75, 3.05) is 0 Å². The average molecular weight is 281 g/mol. The van der Waals surface area contributed by atoms with Crippen molar-refractivity contribution in [3.8, 4) is 0 Å². The normalized spacial score (nSPS) is 13.1. The summed E-state index contributed by atoms with van der Waals surface area (Å²) in [7, 11) is 1.36. The number of carboxylic acid groups (broad SMARTS) is 1. The SMILES string of the molecule is Cn1[nH]cc(C[C@@H](NC(=O)C(F)(F)F)C(=O)O)c1=O. The Morgan fingerprint density at radius 2 is 2.11 bits per heavy atom. The number of carbonyl (C=O) groups excluding carboxylic acids is 1. The molecule has 7 nitrogen and oxygen atoms in total. The van der Waals surface area contributed by atoms with Crippen LogP contribution in [0, 0.1) is 0 Å². The van der Waals surface area contributed by atoms with E-state index in [0.717, 1.165) is 10.9 Å². The predicted molar refractivity (Wildman–Crippen MR) is 55.4 cm³/mol. The van der Waals surface area contributed by atoms with Crippen LogP contribution in [0.1, 0.15) is 5.56 Å². The number of aliphatic carboxylic acids is 1. The van der Waals surface area contributed by atoms with E-state index in [4.69, 9.17) is 5.11 Å². The molecular weight excluding hydrogens is 271 g/mol. The molecular formula is C9H10F3N3O4. The first-order valence-corrected chi connectivity index (χ1v) is 4.96. The molecule has 0 aromatic carbocycles. The molecule has 0 radical (unpaired) electrons. The van der Waals surface area contributed by atoms with Crippen LogP contribution in [0.15, 0.2) is 11.0 Å². The minimum absolute atomic E-state index is 0.0441. The van der Waals surface area contributed by atoms with E-state index in [1.54, 1.807) is 0 Å². The van der Waals surface area contributed by atoms with Crippen molar-refractivity contribution < 1.29 is 27.9 Å². The third-order valence-corrected chi connectivity index (χ3v) is 2.30. The number of aromatic amines is 1. The standard InChI is InChI=1S/C9H10F3N3O4/c1-15-6(16)4(3-13-15)2-5(7(17)18)14-8(19)9(10,11)12/h3,5,13H,2H2,1H3,(H,14,19)(H,17,18)/t5-/m1/s1. The van der Waals surface area contributed by atoms with Crippen LogP contribution in [-0.2, 0) is 23.1 Å². The summed E-state index contributed by atoms with van der Waals surface area (Å²) in [4.78, 5) is 32.9. The Kier molecular flexibility index (Phi) is 4.02. The van der Waals surface area contributed by atoms with Crippen molar-refractivity contribution in [2.45, 2.75) is 18.6 Å². The summed E-state index contributed by atoms with van der Waals surface area (Å²) < 4.78 is 37.1. The summed E-state index contributed by atoms with van der Waals surface area (Å²) in [6, 6.07) is -1.84. The topological polar surface area (TPSA) is 104 Å². The second-order valence-electron chi connectivity index (χ2n) is 3.73. The summed E-state index contributed by atoms with van der Waals surface area (Å²) in [6.07, 6.45) is -4.57. The summed E-state index contributed by atoms with van der Waals surface area (Å²) in [6.45, 7) is 0. The number of carbonyl (C=O) groups is 2. The number of nitrogens with zero attached hydrogens (tertiary/aromatic N) is 1. The van der Waals surface area contributed by atoms with Gasteiger partial charge in [0.25, 0.3) is 5.56 Å². The molecule has 19 heavy (non-hydrogen) atoms. The summed E-state index contributed by atoms with van der Waals surface area (Å²) >= 11 is 0. The van der Waals surface area contributed by atoms with Crippen molar-refractivity contribution in [2.24, 2.45) is 7.05 Å². The van der Waals surface area contributed by atoms with Gasteiger partial charge in [0.1, 0.15) is 6.04 Å². The Balaban J connectivity index is 2.86. The van der Waals surface area contributed by atoms with E-state index in [1.807, 2.05) is 0 Å². The number of alkyl halides is 3. The lowest BCUT2D eigenvalue weighted by atomic mass is 10.1. The maximum absolute atomic E-state index is 12.0. The lowest BCUT2D eigenvalue weighted by Crippen LogP contribution is -2.48. The van der Waals surface area contributed by atoms with Crippen LogP contribution in [-0.4, -0.2) is 39.0 Å². The molecule has 1 amide bonds. The average Bonchev–Trinajstić information content (AvgIpc) is 2.58. The highest BCUT2D eigenvalue weighted by Crippen LogP contribution is 2.14. The van der Waals surface area contributed by atoms with Gasteiger partial charge < -0.3 is 15.5 Å². The van der Waals surface area contributed by atoms with Crippen LogP contribution in [0.2, 0.25) is 0 Å². The van der Waals surface area contributed by atoms with Gasteiger partial charge in [-0.25, -0.2) is 4.79 Å². The highest BCUT2D eigenvalue weighted by Gasteiger charge is 2.41. The van der Waals surface area contributed by atoms with Crippen LogP contribution in [0.5, 0.6) is 0 Å². The number of amides is 1. The van der Waals surface area contributed by atoms with Gasteiger partial charge in [-0.1, -0.05) is 0 Å². The molecule has 0 bridgehead atoms. The van der Waals surface area contributed by atoms with Gasteiger partial charge in [0.2, 0.25) is 0 Å². The molecule has 0 aliphatic heterocycles. The van der Waals surface area contributed by atoms with Gasteiger partial charge in [0.05, 0.1) is 0 Å². The summed E-state index contributed by atoms with van der Waals surface area (Å²) in [5.74, 6) is -4.03. The summed E-state index contributed by atoms with van der Waals surface area (Å²) in [5, 5.41) is 12.5. The number of H-pyrrole nitrogens is 1. The van der Waals surface area contributed by atoms with Gasteiger partial charge in [0.15, 0.2) is 0 Å². The lowest BCUT2D eigenvalue weighted by Gasteiger charge is -2.14. The Morgan fingerprint density at radius 3 is 2.47 bits per heavy atom. The Bertz CT molecular complexity index is 546. The quantitative estimate of drug-likeness (QED) is 0.684. The highest BCUT2D eigenvalue weighted by molar-refractivity contribution is 5.87. The first-order chi connectivity index (χ1) is 8.62. The lowest BCUT2D eigenvalue weighted by molar-refractivity contribution is -0.175. The molecule has 3 N–H and O–H groups in total. The highest BCUT2D eigenvalue weighted by atomic mass is 19.4. The Labute approximate surface area is 104 Å². The molecule has 10 heteroatoms. The van der Waals surface area contributed by atoms with Crippen molar-refractivity contribution in [3.05, 3.63) is 22.1 Å².